The van der Waals surface area contributed by atoms with Crippen LogP contribution in [0.15, 0.2) is 17.5 Å². The van der Waals surface area contributed by atoms with Gasteiger partial charge in [-0.2, -0.15) is 0 Å². The highest BCUT2D eigenvalue weighted by Gasteiger charge is 2.35. The van der Waals surface area contributed by atoms with Crippen molar-refractivity contribution in [2.45, 2.75) is 44.6 Å². The lowest BCUT2D eigenvalue weighted by Gasteiger charge is -2.30. The molecule has 3 amide bonds. The number of hydrogen-bond donors (Lipinski definition) is 1. The van der Waals surface area contributed by atoms with Gasteiger partial charge in [-0.3, -0.25) is 24.8 Å². The molecule has 1 aromatic heterocycles. The van der Waals surface area contributed by atoms with Gasteiger partial charge in [0.05, 0.1) is 6.42 Å². The van der Waals surface area contributed by atoms with E-state index in [9.17, 15) is 14.4 Å². The molecule has 2 aliphatic rings. The molecule has 1 aromatic rings. The summed E-state index contributed by atoms with van der Waals surface area (Å²) < 4.78 is 0. The van der Waals surface area contributed by atoms with Crippen LogP contribution < -0.4 is 5.43 Å². The normalized spacial score (nSPS) is 21.6. The summed E-state index contributed by atoms with van der Waals surface area (Å²) >= 11 is 1.55. The molecule has 0 aromatic carbocycles. The molecule has 1 atom stereocenters. The van der Waals surface area contributed by atoms with Crippen molar-refractivity contribution in [2.75, 3.05) is 13.1 Å². The fourth-order valence-corrected chi connectivity index (χ4v) is 3.83. The van der Waals surface area contributed by atoms with Crippen molar-refractivity contribution in [1.29, 1.82) is 0 Å². The third kappa shape index (κ3) is 3.72. The minimum atomic E-state index is -0.461. The molecule has 2 fully saturated rings. The summed E-state index contributed by atoms with van der Waals surface area (Å²) in [7, 11) is 0. The summed E-state index contributed by atoms with van der Waals surface area (Å²) in [5.74, 6) is -0.300. The highest BCUT2D eigenvalue weighted by molar-refractivity contribution is 7.10. The third-order valence-corrected chi connectivity index (χ3v) is 5.23. The van der Waals surface area contributed by atoms with Gasteiger partial charge in [-0.1, -0.05) is 6.07 Å². The van der Waals surface area contributed by atoms with Crippen LogP contribution in [0.1, 0.15) is 37.0 Å². The number of hydrogen-bond acceptors (Lipinski definition) is 4. The zero-order chi connectivity index (χ0) is 16.2. The minimum Gasteiger partial charge on any atom is -0.330 e. The Kier molecular flexibility index (Phi) is 4.95. The van der Waals surface area contributed by atoms with Crippen LogP contribution >= 0.6 is 11.3 Å². The van der Waals surface area contributed by atoms with E-state index in [0.29, 0.717) is 32.4 Å². The molecule has 0 bridgehead atoms. The summed E-state index contributed by atoms with van der Waals surface area (Å²) in [6.07, 6.45) is 4.07. The number of carbonyl (C=O) groups is 3. The Morgan fingerprint density at radius 3 is 2.87 bits per heavy atom. The zero-order valence-electron chi connectivity index (χ0n) is 13.0. The van der Waals surface area contributed by atoms with Gasteiger partial charge in [0, 0.05) is 24.4 Å². The second kappa shape index (κ2) is 7.12. The second-order valence-electron chi connectivity index (χ2n) is 5.98. The average molecular weight is 335 g/mol. The van der Waals surface area contributed by atoms with E-state index in [4.69, 9.17) is 0 Å². The monoisotopic (exact) mass is 335 g/mol. The summed E-state index contributed by atoms with van der Waals surface area (Å²) in [4.78, 5) is 39.4. The summed E-state index contributed by atoms with van der Waals surface area (Å²) in [5, 5.41) is 3.35. The number of hydrazine groups is 1. The molecule has 2 saturated heterocycles. The van der Waals surface area contributed by atoms with E-state index in [0.717, 1.165) is 24.1 Å². The van der Waals surface area contributed by atoms with Gasteiger partial charge in [-0.25, -0.2) is 0 Å². The molecule has 0 spiro atoms. The van der Waals surface area contributed by atoms with Crippen molar-refractivity contribution in [2.24, 2.45) is 0 Å². The first-order valence-electron chi connectivity index (χ1n) is 8.08. The summed E-state index contributed by atoms with van der Waals surface area (Å²) in [5.41, 5.74) is 2.71. The van der Waals surface area contributed by atoms with Crippen LogP contribution in [-0.2, 0) is 20.8 Å². The predicted octanol–water partition coefficient (Wildman–Crippen LogP) is 1.33. The fraction of sp³-hybridized carbons (Fsp3) is 0.562. The van der Waals surface area contributed by atoms with Gasteiger partial charge in [0.15, 0.2) is 0 Å². The zero-order valence-corrected chi connectivity index (χ0v) is 13.8. The lowest BCUT2D eigenvalue weighted by atomic mass is 10.1. The number of nitrogens with one attached hydrogen (secondary N) is 1. The Balaban J connectivity index is 1.60. The molecule has 124 valence electrons. The van der Waals surface area contributed by atoms with Crippen LogP contribution in [-0.4, -0.2) is 46.8 Å². The Morgan fingerprint density at radius 2 is 2.13 bits per heavy atom. The molecule has 2 aliphatic heterocycles. The van der Waals surface area contributed by atoms with Crippen LogP contribution in [0.4, 0.5) is 0 Å². The maximum absolute atomic E-state index is 12.5. The number of carbonyl (C=O) groups excluding carboxylic acids is 3. The van der Waals surface area contributed by atoms with Gasteiger partial charge in [-0.15, -0.1) is 11.3 Å². The standard InChI is InChI=1S/C16H21N3O3S/c20-14-7-1-2-9-19(14)17-16(22)13-6-3-8-18(13)15(21)11-12-5-4-10-23-12/h4-5,10,13H,1-3,6-9,11H2,(H,17,22). The topological polar surface area (TPSA) is 69.7 Å². The number of rotatable bonds is 4. The second-order valence-corrected chi connectivity index (χ2v) is 7.01. The van der Waals surface area contributed by atoms with Crippen LogP contribution in [0.2, 0.25) is 0 Å². The third-order valence-electron chi connectivity index (χ3n) is 4.35. The molecule has 1 unspecified atom stereocenters. The number of piperidine rings is 1. The average Bonchev–Trinajstić information content (AvgIpc) is 3.20. The molecule has 0 radical (unpaired) electrons. The minimum absolute atomic E-state index is 0.0185. The molecule has 3 heterocycles. The van der Waals surface area contributed by atoms with Gasteiger partial charge in [-0.05, 0) is 37.1 Å². The van der Waals surface area contributed by atoms with Crippen molar-refractivity contribution in [3.8, 4) is 0 Å². The van der Waals surface area contributed by atoms with Crippen molar-refractivity contribution >= 4 is 29.1 Å². The molecule has 7 heteroatoms. The number of thiophene rings is 1. The lowest BCUT2D eigenvalue weighted by molar-refractivity contribution is -0.147. The van der Waals surface area contributed by atoms with Crippen LogP contribution in [0.25, 0.3) is 0 Å². The fourth-order valence-electron chi connectivity index (χ4n) is 3.13. The SMILES string of the molecule is O=C(NN1CCCCC1=O)C1CCCN1C(=O)Cc1cccs1. The Hall–Kier alpha value is -1.89. The van der Waals surface area contributed by atoms with Gasteiger partial charge in [0.25, 0.3) is 5.91 Å². The van der Waals surface area contributed by atoms with Crippen LogP contribution in [0, 0.1) is 0 Å². The van der Waals surface area contributed by atoms with Gasteiger partial charge in [0.1, 0.15) is 6.04 Å². The van der Waals surface area contributed by atoms with E-state index < -0.39 is 6.04 Å². The molecule has 1 N–H and O–H groups in total. The van der Waals surface area contributed by atoms with E-state index in [1.54, 1.807) is 16.2 Å². The molecule has 23 heavy (non-hydrogen) atoms. The summed E-state index contributed by atoms with van der Waals surface area (Å²) in [6, 6.07) is 3.39. The number of likely N-dealkylation sites (tertiary alicyclic amines) is 1. The van der Waals surface area contributed by atoms with Crippen molar-refractivity contribution in [3.63, 3.8) is 0 Å². The van der Waals surface area contributed by atoms with E-state index in [1.165, 1.54) is 5.01 Å². The van der Waals surface area contributed by atoms with E-state index in [-0.39, 0.29) is 17.7 Å². The maximum atomic E-state index is 12.5. The highest BCUT2D eigenvalue weighted by Crippen LogP contribution is 2.20. The lowest BCUT2D eigenvalue weighted by Crippen LogP contribution is -2.54. The van der Waals surface area contributed by atoms with Crippen molar-refractivity contribution in [1.82, 2.24) is 15.3 Å². The van der Waals surface area contributed by atoms with E-state index in [1.807, 2.05) is 17.5 Å². The molecule has 3 rings (SSSR count). The highest BCUT2D eigenvalue weighted by atomic mass is 32.1. The molecule has 0 saturated carbocycles. The van der Waals surface area contributed by atoms with Gasteiger partial charge in [0.2, 0.25) is 11.8 Å². The largest absolute Gasteiger partial charge is 0.330 e. The van der Waals surface area contributed by atoms with Gasteiger partial charge >= 0.3 is 0 Å². The van der Waals surface area contributed by atoms with E-state index >= 15 is 0 Å². The smallest absolute Gasteiger partial charge is 0.261 e. The molecule has 0 aliphatic carbocycles. The van der Waals surface area contributed by atoms with Crippen LogP contribution in [0.5, 0.6) is 0 Å². The number of nitrogens with zero attached hydrogens (tertiary/aromatic N) is 2. The summed E-state index contributed by atoms with van der Waals surface area (Å²) in [6.45, 7) is 1.16. The first kappa shape index (κ1) is 16.0. The first-order chi connectivity index (χ1) is 11.1. The van der Waals surface area contributed by atoms with E-state index in [2.05, 4.69) is 5.43 Å². The first-order valence-corrected chi connectivity index (χ1v) is 8.96. The molecular formula is C16H21N3O3S. The molecule has 6 nitrogen and oxygen atoms in total. The van der Waals surface area contributed by atoms with Crippen molar-refractivity contribution < 1.29 is 14.4 Å². The Morgan fingerprint density at radius 1 is 1.26 bits per heavy atom. The predicted molar refractivity (Wildman–Crippen MR) is 86.5 cm³/mol. The Bertz CT molecular complexity index is 587. The molecular weight excluding hydrogens is 314 g/mol. The van der Waals surface area contributed by atoms with Crippen LogP contribution in [0.3, 0.4) is 0 Å². The number of amides is 3. The van der Waals surface area contributed by atoms with Crippen molar-refractivity contribution in [3.05, 3.63) is 22.4 Å². The quantitative estimate of drug-likeness (QED) is 0.902. The van der Waals surface area contributed by atoms with Gasteiger partial charge < -0.3 is 4.90 Å². The maximum Gasteiger partial charge on any atom is 0.261 e. The Labute approximate surface area is 139 Å².